The van der Waals surface area contributed by atoms with Crippen molar-refractivity contribution in [2.75, 3.05) is 13.1 Å². The smallest absolute Gasteiger partial charge is 0.145 e. The first-order chi connectivity index (χ1) is 8.09. The topological polar surface area (TPSA) is 12.0 Å². The Bertz CT molecular complexity index is 397. The number of nitrogens with one attached hydrogen (secondary N) is 1. The minimum atomic E-state index is -0.219. The molecule has 1 saturated heterocycles. The largest absolute Gasteiger partial charge is 0.317 e. The van der Waals surface area contributed by atoms with Gasteiger partial charge in [0.05, 0.1) is 5.02 Å². The number of piperidine rings is 1. The summed E-state index contributed by atoms with van der Waals surface area (Å²) in [7, 11) is 0. The van der Waals surface area contributed by atoms with Gasteiger partial charge in [0.15, 0.2) is 0 Å². The van der Waals surface area contributed by atoms with Crippen LogP contribution in [0.1, 0.15) is 49.7 Å². The first kappa shape index (κ1) is 12.8. The van der Waals surface area contributed by atoms with Gasteiger partial charge in [0.2, 0.25) is 0 Å². The second kappa shape index (κ2) is 5.36. The first-order valence-electron chi connectivity index (χ1n) is 6.29. The Morgan fingerprint density at radius 1 is 1.29 bits per heavy atom. The van der Waals surface area contributed by atoms with E-state index < -0.39 is 0 Å². The molecule has 1 N–H and O–H groups in total. The predicted octanol–water partition coefficient (Wildman–Crippen LogP) is 4.07. The SMILES string of the molecule is CC(C)c1cc(Cl)c(F)c(C2CCNCC2)c1. The lowest BCUT2D eigenvalue weighted by Gasteiger charge is -2.24. The highest BCUT2D eigenvalue weighted by molar-refractivity contribution is 6.30. The summed E-state index contributed by atoms with van der Waals surface area (Å²) in [6.07, 6.45) is 1.99. The summed E-state index contributed by atoms with van der Waals surface area (Å²) in [5, 5.41) is 3.57. The highest BCUT2D eigenvalue weighted by Crippen LogP contribution is 2.33. The normalized spacial score (nSPS) is 17.7. The van der Waals surface area contributed by atoms with Crippen molar-refractivity contribution in [1.29, 1.82) is 0 Å². The van der Waals surface area contributed by atoms with E-state index in [4.69, 9.17) is 11.6 Å². The standard InChI is InChI=1S/C14H19ClFN/c1-9(2)11-7-12(14(16)13(15)8-11)10-3-5-17-6-4-10/h7-10,17H,3-6H2,1-2H3. The Hall–Kier alpha value is -0.600. The fraction of sp³-hybridized carbons (Fsp3) is 0.571. The zero-order chi connectivity index (χ0) is 12.4. The van der Waals surface area contributed by atoms with Crippen LogP contribution in [0, 0.1) is 5.82 Å². The Morgan fingerprint density at radius 3 is 2.53 bits per heavy atom. The van der Waals surface area contributed by atoms with Crippen molar-refractivity contribution in [1.82, 2.24) is 5.32 Å². The van der Waals surface area contributed by atoms with Crippen LogP contribution in [0.4, 0.5) is 4.39 Å². The van der Waals surface area contributed by atoms with Crippen molar-refractivity contribution in [3.63, 3.8) is 0 Å². The summed E-state index contributed by atoms with van der Waals surface area (Å²) in [6.45, 7) is 6.15. The maximum atomic E-state index is 14.1. The molecule has 3 heteroatoms. The maximum absolute atomic E-state index is 14.1. The molecule has 0 spiro atoms. The molecule has 0 radical (unpaired) electrons. The van der Waals surface area contributed by atoms with E-state index in [-0.39, 0.29) is 10.8 Å². The Kier molecular flexibility index (Phi) is 4.05. The summed E-state index contributed by atoms with van der Waals surface area (Å²) in [6, 6.07) is 3.76. The van der Waals surface area contributed by atoms with Crippen LogP contribution in [0.2, 0.25) is 5.02 Å². The quantitative estimate of drug-likeness (QED) is 0.840. The van der Waals surface area contributed by atoms with Crippen molar-refractivity contribution in [2.45, 2.75) is 38.5 Å². The molecule has 1 nitrogen and oxygen atoms in total. The van der Waals surface area contributed by atoms with Gasteiger partial charge in [0.1, 0.15) is 5.82 Å². The van der Waals surface area contributed by atoms with Crippen LogP contribution in [0.5, 0.6) is 0 Å². The highest BCUT2D eigenvalue weighted by atomic mass is 35.5. The van der Waals surface area contributed by atoms with E-state index in [1.807, 2.05) is 6.07 Å². The van der Waals surface area contributed by atoms with Gasteiger partial charge in [-0.25, -0.2) is 4.39 Å². The Labute approximate surface area is 107 Å². The van der Waals surface area contributed by atoms with Crippen molar-refractivity contribution in [2.24, 2.45) is 0 Å². The lowest BCUT2D eigenvalue weighted by atomic mass is 9.87. The van der Waals surface area contributed by atoms with Gasteiger partial charge in [-0.3, -0.25) is 0 Å². The molecule has 17 heavy (non-hydrogen) atoms. The van der Waals surface area contributed by atoms with Gasteiger partial charge in [-0.2, -0.15) is 0 Å². The molecule has 2 rings (SSSR count). The average molecular weight is 256 g/mol. The minimum Gasteiger partial charge on any atom is -0.317 e. The van der Waals surface area contributed by atoms with Crippen LogP contribution in [-0.2, 0) is 0 Å². The van der Waals surface area contributed by atoms with E-state index in [2.05, 4.69) is 19.2 Å². The Morgan fingerprint density at radius 2 is 1.94 bits per heavy atom. The summed E-state index contributed by atoms with van der Waals surface area (Å²) < 4.78 is 14.1. The molecule has 1 aliphatic rings. The fourth-order valence-electron chi connectivity index (χ4n) is 2.40. The van der Waals surface area contributed by atoms with Gasteiger partial charge in [0, 0.05) is 0 Å². The molecule has 1 aromatic carbocycles. The molecule has 0 aliphatic carbocycles. The van der Waals surface area contributed by atoms with E-state index in [1.54, 1.807) is 6.07 Å². The first-order valence-corrected chi connectivity index (χ1v) is 6.67. The zero-order valence-corrected chi connectivity index (χ0v) is 11.1. The molecule has 1 aromatic rings. The zero-order valence-electron chi connectivity index (χ0n) is 10.4. The summed E-state index contributed by atoms with van der Waals surface area (Å²) in [5.74, 6) is 0.476. The molecular weight excluding hydrogens is 237 g/mol. The predicted molar refractivity (Wildman–Crippen MR) is 70.3 cm³/mol. The van der Waals surface area contributed by atoms with Crippen molar-refractivity contribution in [3.8, 4) is 0 Å². The summed E-state index contributed by atoms with van der Waals surface area (Å²) in [4.78, 5) is 0. The summed E-state index contributed by atoms with van der Waals surface area (Å²) in [5.41, 5.74) is 1.94. The van der Waals surface area contributed by atoms with Crippen molar-refractivity contribution in [3.05, 3.63) is 34.1 Å². The van der Waals surface area contributed by atoms with Crippen LogP contribution in [0.3, 0.4) is 0 Å². The molecule has 1 aliphatic heterocycles. The molecule has 0 bridgehead atoms. The van der Waals surface area contributed by atoms with Gasteiger partial charge in [-0.1, -0.05) is 31.5 Å². The van der Waals surface area contributed by atoms with Gasteiger partial charge in [0.25, 0.3) is 0 Å². The number of halogens is 2. The number of hydrogen-bond acceptors (Lipinski definition) is 1. The monoisotopic (exact) mass is 255 g/mol. The van der Waals surface area contributed by atoms with Crippen molar-refractivity contribution < 1.29 is 4.39 Å². The van der Waals surface area contributed by atoms with Crippen LogP contribution in [0.25, 0.3) is 0 Å². The van der Waals surface area contributed by atoms with Gasteiger partial charge in [-0.15, -0.1) is 0 Å². The molecule has 0 unspecified atom stereocenters. The molecule has 0 amide bonds. The van der Waals surface area contributed by atoms with E-state index in [1.165, 1.54) is 0 Å². The Balaban J connectivity index is 2.36. The third kappa shape index (κ3) is 2.80. The molecule has 1 heterocycles. The average Bonchev–Trinajstić information content (AvgIpc) is 2.33. The lowest BCUT2D eigenvalue weighted by molar-refractivity contribution is 0.444. The van der Waals surface area contributed by atoms with E-state index in [0.29, 0.717) is 11.8 Å². The molecule has 0 saturated carbocycles. The van der Waals surface area contributed by atoms with Crippen molar-refractivity contribution >= 4 is 11.6 Å². The summed E-state index contributed by atoms with van der Waals surface area (Å²) >= 11 is 5.99. The number of benzene rings is 1. The fourth-order valence-corrected chi connectivity index (χ4v) is 2.63. The van der Waals surface area contributed by atoms with Gasteiger partial charge < -0.3 is 5.32 Å². The van der Waals surface area contributed by atoms with E-state index in [0.717, 1.165) is 37.1 Å². The second-order valence-corrected chi connectivity index (χ2v) is 5.49. The number of hydrogen-bond donors (Lipinski definition) is 1. The van der Waals surface area contributed by atoms with Crippen LogP contribution in [-0.4, -0.2) is 13.1 Å². The lowest BCUT2D eigenvalue weighted by Crippen LogP contribution is -2.27. The molecule has 0 atom stereocenters. The third-order valence-electron chi connectivity index (χ3n) is 3.52. The van der Waals surface area contributed by atoms with Crippen LogP contribution < -0.4 is 5.32 Å². The van der Waals surface area contributed by atoms with E-state index in [9.17, 15) is 4.39 Å². The maximum Gasteiger partial charge on any atom is 0.145 e. The van der Waals surface area contributed by atoms with Crippen LogP contribution in [0.15, 0.2) is 12.1 Å². The van der Waals surface area contributed by atoms with Crippen LogP contribution >= 0.6 is 11.6 Å². The highest BCUT2D eigenvalue weighted by Gasteiger charge is 2.21. The van der Waals surface area contributed by atoms with E-state index >= 15 is 0 Å². The molecule has 94 valence electrons. The molecule has 0 aromatic heterocycles. The third-order valence-corrected chi connectivity index (χ3v) is 3.80. The molecule has 1 fully saturated rings. The minimum absolute atomic E-state index is 0.219. The molecular formula is C14H19ClFN. The second-order valence-electron chi connectivity index (χ2n) is 5.08. The van der Waals surface area contributed by atoms with Gasteiger partial charge >= 0.3 is 0 Å². The number of rotatable bonds is 2. The van der Waals surface area contributed by atoms with Gasteiger partial charge in [-0.05, 0) is 55.0 Å².